The molecule has 0 aliphatic rings. The molecule has 1 aromatic heterocycles. The normalized spacial score (nSPS) is 11.2. The quantitative estimate of drug-likeness (QED) is 0.706. The first kappa shape index (κ1) is 17.3. The average molecular weight is 359 g/mol. The number of benzene rings is 2. The van der Waals surface area contributed by atoms with E-state index in [-0.39, 0.29) is 5.56 Å². The molecule has 0 atom stereocenters. The molecule has 0 aliphatic carbocycles. The number of hydrogen-bond acceptors (Lipinski definition) is 3. The summed E-state index contributed by atoms with van der Waals surface area (Å²) in [6, 6.07) is 10.7. The number of hydrogen-bond donors (Lipinski definition) is 1. The van der Waals surface area contributed by atoms with Crippen LogP contribution in [0.4, 0.5) is 0 Å². The van der Waals surface area contributed by atoms with E-state index in [0.717, 1.165) is 16.8 Å². The van der Waals surface area contributed by atoms with Gasteiger partial charge >= 0.3 is 5.97 Å². The minimum absolute atomic E-state index is 0.242. The summed E-state index contributed by atoms with van der Waals surface area (Å²) in [6.45, 7) is 5.23. The Kier molecular flexibility index (Phi) is 4.95. The van der Waals surface area contributed by atoms with Gasteiger partial charge in [-0.15, -0.1) is 0 Å². The largest absolute Gasteiger partial charge is 0.493 e. The molecule has 25 heavy (non-hydrogen) atoms. The van der Waals surface area contributed by atoms with Crippen LogP contribution in [0.2, 0.25) is 5.02 Å². The van der Waals surface area contributed by atoms with Crippen molar-refractivity contribution in [3.05, 3.63) is 58.7 Å². The van der Waals surface area contributed by atoms with Crippen LogP contribution in [0.5, 0.6) is 5.75 Å². The number of carbonyl (C=O) groups is 1. The summed E-state index contributed by atoms with van der Waals surface area (Å²) in [5.41, 5.74) is 1.90. The van der Waals surface area contributed by atoms with Gasteiger partial charge in [-0.05, 0) is 36.2 Å². The second-order valence-corrected chi connectivity index (χ2v) is 6.74. The Bertz CT molecular complexity index is 918. The molecule has 0 aliphatic heterocycles. The van der Waals surface area contributed by atoms with Crippen molar-refractivity contribution in [2.75, 3.05) is 6.61 Å². The van der Waals surface area contributed by atoms with Crippen molar-refractivity contribution in [2.24, 2.45) is 5.92 Å². The predicted octanol–water partition coefficient (Wildman–Crippen LogP) is 4.47. The molecule has 0 unspecified atom stereocenters. The third kappa shape index (κ3) is 3.77. The SMILES string of the molecule is CC(C)COc1ccc(Cl)cc1Cn1ncc2c(C(=O)O)cccc21. The van der Waals surface area contributed by atoms with Gasteiger partial charge in [-0.1, -0.05) is 31.5 Å². The van der Waals surface area contributed by atoms with Crippen LogP contribution in [0.15, 0.2) is 42.6 Å². The summed E-state index contributed by atoms with van der Waals surface area (Å²) in [6.07, 6.45) is 1.58. The van der Waals surface area contributed by atoms with Gasteiger partial charge in [0.2, 0.25) is 0 Å². The summed E-state index contributed by atoms with van der Waals surface area (Å²) in [7, 11) is 0. The molecule has 130 valence electrons. The second kappa shape index (κ2) is 7.15. The lowest BCUT2D eigenvalue weighted by Gasteiger charge is -2.14. The molecule has 1 N–H and O–H groups in total. The average Bonchev–Trinajstić information content (AvgIpc) is 2.97. The van der Waals surface area contributed by atoms with Gasteiger partial charge in [0.05, 0.1) is 30.4 Å². The van der Waals surface area contributed by atoms with Crippen LogP contribution in [-0.4, -0.2) is 27.5 Å². The first-order valence-corrected chi connectivity index (χ1v) is 8.42. The molecule has 5 nitrogen and oxygen atoms in total. The molecular weight excluding hydrogens is 340 g/mol. The van der Waals surface area contributed by atoms with Crippen LogP contribution >= 0.6 is 11.6 Å². The lowest BCUT2D eigenvalue weighted by Crippen LogP contribution is -2.08. The molecule has 2 aromatic carbocycles. The summed E-state index contributed by atoms with van der Waals surface area (Å²) >= 11 is 6.14. The number of carboxylic acid groups (broad SMARTS) is 1. The second-order valence-electron chi connectivity index (χ2n) is 6.30. The highest BCUT2D eigenvalue weighted by atomic mass is 35.5. The summed E-state index contributed by atoms with van der Waals surface area (Å²) in [5, 5.41) is 14.9. The Morgan fingerprint density at radius 3 is 2.84 bits per heavy atom. The smallest absolute Gasteiger partial charge is 0.336 e. The minimum Gasteiger partial charge on any atom is -0.493 e. The van der Waals surface area contributed by atoms with E-state index in [9.17, 15) is 9.90 Å². The highest BCUT2D eigenvalue weighted by Gasteiger charge is 2.14. The molecule has 0 radical (unpaired) electrons. The molecule has 3 aromatic rings. The van der Waals surface area contributed by atoms with Crippen molar-refractivity contribution in [3.8, 4) is 5.75 Å². The Morgan fingerprint density at radius 2 is 2.12 bits per heavy atom. The van der Waals surface area contributed by atoms with Gasteiger partial charge in [0.25, 0.3) is 0 Å². The van der Waals surface area contributed by atoms with Gasteiger partial charge in [0.1, 0.15) is 5.75 Å². The van der Waals surface area contributed by atoms with Gasteiger partial charge in [0, 0.05) is 16.0 Å². The van der Waals surface area contributed by atoms with E-state index in [1.54, 1.807) is 29.1 Å². The molecular formula is C19H19ClN2O3. The van der Waals surface area contributed by atoms with Crippen LogP contribution in [0.25, 0.3) is 10.9 Å². The highest BCUT2D eigenvalue weighted by molar-refractivity contribution is 6.30. The first-order valence-electron chi connectivity index (χ1n) is 8.04. The first-order chi connectivity index (χ1) is 12.0. The van der Waals surface area contributed by atoms with E-state index in [0.29, 0.717) is 29.5 Å². The van der Waals surface area contributed by atoms with Gasteiger partial charge in [-0.25, -0.2) is 4.79 Å². The van der Waals surface area contributed by atoms with Gasteiger partial charge in [0.15, 0.2) is 0 Å². The third-order valence-electron chi connectivity index (χ3n) is 3.83. The maximum absolute atomic E-state index is 11.4. The zero-order chi connectivity index (χ0) is 18.0. The van der Waals surface area contributed by atoms with E-state index < -0.39 is 5.97 Å². The van der Waals surface area contributed by atoms with Crippen LogP contribution in [0, 0.1) is 5.92 Å². The Morgan fingerprint density at radius 1 is 1.32 bits per heavy atom. The number of nitrogens with zero attached hydrogens (tertiary/aromatic N) is 2. The number of halogens is 1. The molecule has 1 heterocycles. The summed E-state index contributed by atoms with van der Waals surface area (Å²) < 4.78 is 7.64. The molecule has 0 amide bonds. The molecule has 0 saturated carbocycles. The van der Waals surface area contributed by atoms with Gasteiger partial charge in [-0.3, -0.25) is 4.68 Å². The predicted molar refractivity (Wildman–Crippen MR) is 97.6 cm³/mol. The number of carboxylic acids is 1. The fraction of sp³-hybridized carbons (Fsp3) is 0.263. The Balaban J connectivity index is 1.97. The maximum atomic E-state index is 11.4. The standard InChI is InChI=1S/C19H19ClN2O3/c1-12(2)11-25-18-7-6-14(20)8-13(18)10-22-17-5-3-4-15(19(23)24)16(17)9-21-22/h3-9,12H,10-11H2,1-2H3,(H,23,24). The highest BCUT2D eigenvalue weighted by Crippen LogP contribution is 2.26. The van der Waals surface area contributed by atoms with Crippen molar-refractivity contribution >= 4 is 28.5 Å². The fourth-order valence-corrected chi connectivity index (χ4v) is 2.84. The molecule has 6 heteroatoms. The number of fused-ring (bicyclic) bond motifs is 1. The van der Waals surface area contributed by atoms with E-state index in [1.165, 1.54) is 0 Å². The monoisotopic (exact) mass is 358 g/mol. The molecule has 0 bridgehead atoms. The maximum Gasteiger partial charge on any atom is 0.336 e. The van der Waals surface area contributed by atoms with Crippen LogP contribution < -0.4 is 4.74 Å². The molecule has 0 fully saturated rings. The molecule has 3 rings (SSSR count). The Hall–Kier alpha value is -2.53. The topological polar surface area (TPSA) is 64.4 Å². The van der Waals surface area contributed by atoms with Crippen molar-refractivity contribution in [1.82, 2.24) is 9.78 Å². The number of rotatable bonds is 6. The number of aromatic carboxylic acids is 1. The lowest BCUT2D eigenvalue weighted by molar-refractivity contribution is 0.0699. The lowest BCUT2D eigenvalue weighted by atomic mass is 10.1. The zero-order valence-electron chi connectivity index (χ0n) is 14.1. The van der Waals surface area contributed by atoms with Gasteiger partial charge < -0.3 is 9.84 Å². The van der Waals surface area contributed by atoms with Crippen molar-refractivity contribution < 1.29 is 14.6 Å². The van der Waals surface area contributed by atoms with E-state index in [1.807, 2.05) is 18.2 Å². The number of aromatic nitrogens is 2. The third-order valence-corrected chi connectivity index (χ3v) is 4.07. The van der Waals surface area contributed by atoms with Crippen molar-refractivity contribution in [2.45, 2.75) is 20.4 Å². The van der Waals surface area contributed by atoms with Crippen LogP contribution in [-0.2, 0) is 6.54 Å². The zero-order valence-corrected chi connectivity index (χ0v) is 14.8. The summed E-state index contributed by atoms with van der Waals surface area (Å²) in [4.78, 5) is 11.4. The van der Waals surface area contributed by atoms with E-state index in [4.69, 9.17) is 16.3 Å². The van der Waals surface area contributed by atoms with Crippen LogP contribution in [0.3, 0.4) is 0 Å². The fourth-order valence-electron chi connectivity index (χ4n) is 2.65. The minimum atomic E-state index is -0.964. The van der Waals surface area contributed by atoms with Crippen LogP contribution in [0.1, 0.15) is 29.8 Å². The number of ether oxygens (including phenoxy) is 1. The van der Waals surface area contributed by atoms with Crippen molar-refractivity contribution in [3.63, 3.8) is 0 Å². The van der Waals surface area contributed by atoms with Crippen molar-refractivity contribution in [1.29, 1.82) is 0 Å². The molecule has 0 saturated heterocycles. The van der Waals surface area contributed by atoms with E-state index in [2.05, 4.69) is 18.9 Å². The van der Waals surface area contributed by atoms with Gasteiger partial charge in [-0.2, -0.15) is 5.10 Å². The Labute approximate surface area is 150 Å². The van der Waals surface area contributed by atoms with E-state index >= 15 is 0 Å². The summed E-state index contributed by atoms with van der Waals surface area (Å²) in [5.74, 6) is 0.206. The molecule has 0 spiro atoms.